The van der Waals surface area contributed by atoms with Crippen LogP contribution in [0.15, 0.2) is 22.7 Å². The first-order valence-corrected chi connectivity index (χ1v) is 6.63. The zero-order chi connectivity index (χ0) is 12.7. The third kappa shape index (κ3) is 5.15. The van der Waals surface area contributed by atoms with Gasteiger partial charge in [0.2, 0.25) is 0 Å². The van der Waals surface area contributed by atoms with E-state index >= 15 is 0 Å². The number of ether oxygens (including phenoxy) is 1. The van der Waals surface area contributed by atoms with Crippen LogP contribution in [0.25, 0.3) is 0 Å². The van der Waals surface area contributed by atoms with E-state index in [-0.39, 0.29) is 11.9 Å². The van der Waals surface area contributed by atoms with E-state index in [1.807, 2.05) is 12.1 Å². The summed E-state index contributed by atoms with van der Waals surface area (Å²) in [4.78, 5) is 0. The van der Waals surface area contributed by atoms with Crippen LogP contribution in [-0.4, -0.2) is 26.3 Å². The molecule has 0 spiro atoms. The van der Waals surface area contributed by atoms with Gasteiger partial charge in [0.25, 0.3) is 0 Å². The summed E-state index contributed by atoms with van der Waals surface area (Å²) in [6, 6.07) is 5.41. The van der Waals surface area contributed by atoms with Crippen molar-refractivity contribution in [2.24, 2.45) is 0 Å². The molecule has 96 valence electrons. The second-order valence-electron chi connectivity index (χ2n) is 4.06. The van der Waals surface area contributed by atoms with Crippen molar-refractivity contribution in [3.63, 3.8) is 0 Å². The average molecular weight is 304 g/mol. The van der Waals surface area contributed by atoms with E-state index in [9.17, 15) is 4.39 Å². The first-order chi connectivity index (χ1) is 8.17. The van der Waals surface area contributed by atoms with Crippen molar-refractivity contribution < 1.29 is 9.13 Å². The highest BCUT2D eigenvalue weighted by Gasteiger charge is 2.09. The van der Waals surface area contributed by atoms with Crippen molar-refractivity contribution in [1.29, 1.82) is 0 Å². The molecule has 2 nitrogen and oxygen atoms in total. The molecule has 0 heterocycles. The summed E-state index contributed by atoms with van der Waals surface area (Å²) >= 11 is 3.20. The van der Waals surface area contributed by atoms with E-state index < -0.39 is 0 Å². The number of methoxy groups -OCH3 is 1. The maximum atomic E-state index is 13.1. The first kappa shape index (κ1) is 14.6. The van der Waals surface area contributed by atoms with Crippen molar-refractivity contribution in [3.8, 4) is 0 Å². The number of benzene rings is 1. The molecule has 1 aromatic rings. The predicted octanol–water partition coefficient (Wildman–Crippen LogP) is 3.15. The van der Waals surface area contributed by atoms with Crippen LogP contribution in [0, 0.1) is 5.82 Å². The van der Waals surface area contributed by atoms with Crippen LogP contribution >= 0.6 is 15.9 Å². The molecule has 0 saturated carbocycles. The molecule has 1 rings (SSSR count). The zero-order valence-corrected chi connectivity index (χ0v) is 11.9. The van der Waals surface area contributed by atoms with Crippen LogP contribution < -0.4 is 5.32 Å². The molecular formula is C13H19BrFNO. The van der Waals surface area contributed by atoms with Crippen LogP contribution in [-0.2, 0) is 11.2 Å². The third-order valence-corrected chi connectivity index (χ3v) is 3.12. The van der Waals surface area contributed by atoms with E-state index in [4.69, 9.17) is 4.74 Å². The van der Waals surface area contributed by atoms with E-state index in [2.05, 4.69) is 28.2 Å². The molecule has 0 aliphatic rings. The Morgan fingerprint density at radius 1 is 1.47 bits per heavy atom. The molecule has 1 unspecified atom stereocenters. The molecule has 0 fully saturated rings. The van der Waals surface area contributed by atoms with Crippen LogP contribution in [0.3, 0.4) is 0 Å². The molecule has 0 bridgehead atoms. The smallest absolute Gasteiger partial charge is 0.137 e. The van der Waals surface area contributed by atoms with Crippen molar-refractivity contribution in [3.05, 3.63) is 34.1 Å². The Morgan fingerprint density at radius 3 is 2.82 bits per heavy atom. The summed E-state index contributed by atoms with van der Waals surface area (Å²) in [5.74, 6) is -0.224. The molecule has 1 atom stereocenters. The van der Waals surface area contributed by atoms with Gasteiger partial charge in [0.1, 0.15) is 5.82 Å². The SMILES string of the molecule is CCCNC(COC)Cc1ccc(F)c(Br)c1. The molecule has 0 amide bonds. The Bertz CT molecular complexity index is 346. The van der Waals surface area contributed by atoms with Gasteiger partial charge < -0.3 is 10.1 Å². The molecule has 0 aromatic heterocycles. The number of hydrogen-bond acceptors (Lipinski definition) is 2. The van der Waals surface area contributed by atoms with E-state index in [0.717, 1.165) is 24.9 Å². The molecular weight excluding hydrogens is 285 g/mol. The van der Waals surface area contributed by atoms with Crippen molar-refractivity contribution in [2.75, 3.05) is 20.3 Å². The topological polar surface area (TPSA) is 21.3 Å². The van der Waals surface area contributed by atoms with Crippen molar-refractivity contribution in [1.82, 2.24) is 5.32 Å². The third-order valence-electron chi connectivity index (χ3n) is 2.52. The lowest BCUT2D eigenvalue weighted by Crippen LogP contribution is -2.35. The van der Waals surface area contributed by atoms with Crippen molar-refractivity contribution >= 4 is 15.9 Å². The molecule has 4 heteroatoms. The lowest BCUT2D eigenvalue weighted by atomic mass is 10.1. The van der Waals surface area contributed by atoms with Gasteiger partial charge in [-0.2, -0.15) is 0 Å². The predicted molar refractivity (Wildman–Crippen MR) is 71.8 cm³/mol. The molecule has 0 aliphatic carbocycles. The summed E-state index contributed by atoms with van der Waals surface area (Å²) in [6.45, 7) is 3.76. The Labute approximate surface area is 111 Å². The first-order valence-electron chi connectivity index (χ1n) is 5.83. The quantitative estimate of drug-likeness (QED) is 0.835. The highest BCUT2D eigenvalue weighted by molar-refractivity contribution is 9.10. The van der Waals surface area contributed by atoms with Gasteiger partial charge in [0, 0.05) is 13.2 Å². The van der Waals surface area contributed by atoms with Gasteiger partial charge in [-0.1, -0.05) is 13.0 Å². The normalized spacial score (nSPS) is 12.7. The summed E-state index contributed by atoms with van der Waals surface area (Å²) < 4.78 is 18.8. The van der Waals surface area contributed by atoms with Crippen molar-refractivity contribution in [2.45, 2.75) is 25.8 Å². The summed E-state index contributed by atoms with van der Waals surface area (Å²) in [7, 11) is 1.70. The van der Waals surface area contributed by atoms with Gasteiger partial charge in [-0.3, -0.25) is 0 Å². The van der Waals surface area contributed by atoms with Gasteiger partial charge in [0.15, 0.2) is 0 Å². The average Bonchev–Trinajstić information content (AvgIpc) is 2.31. The zero-order valence-electron chi connectivity index (χ0n) is 10.3. The standard InChI is InChI=1S/C13H19BrFNO/c1-3-6-16-11(9-17-2)7-10-4-5-13(15)12(14)8-10/h4-5,8,11,16H,3,6-7,9H2,1-2H3. The summed E-state index contributed by atoms with van der Waals surface area (Å²) in [5.41, 5.74) is 1.10. The molecule has 0 aliphatic heterocycles. The number of nitrogens with one attached hydrogen (secondary N) is 1. The maximum absolute atomic E-state index is 13.1. The summed E-state index contributed by atoms with van der Waals surface area (Å²) in [6.07, 6.45) is 1.93. The summed E-state index contributed by atoms with van der Waals surface area (Å²) in [5, 5.41) is 3.42. The van der Waals surface area contributed by atoms with Crippen LogP contribution in [0.4, 0.5) is 4.39 Å². The molecule has 0 saturated heterocycles. The van der Waals surface area contributed by atoms with Gasteiger partial charge in [0.05, 0.1) is 11.1 Å². The fourth-order valence-electron chi connectivity index (χ4n) is 1.69. The highest BCUT2D eigenvalue weighted by Crippen LogP contribution is 2.17. The van der Waals surface area contributed by atoms with E-state index in [0.29, 0.717) is 11.1 Å². The largest absolute Gasteiger partial charge is 0.383 e. The monoisotopic (exact) mass is 303 g/mol. The lowest BCUT2D eigenvalue weighted by molar-refractivity contribution is 0.166. The highest BCUT2D eigenvalue weighted by atomic mass is 79.9. The van der Waals surface area contributed by atoms with Gasteiger partial charge in [-0.05, 0) is 53.0 Å². The van der Waals surface area contributed by atoms with Gasteiger partial charge in [-0.15, -0.1) is 0 Å². The number of halogens is 2. The fourth-order valence-corrected chi connectivity index (χ4v) is 2.12. The molecule has 17 heavy (non-hydrogen) atoms. The minimum absolute atomic E-state index is 0.224. The van der Waals surface area contributed by atoms with Gasteiger partial charge in [-0.25, -0.2) is 4.39 Å². The van der Waals surface area contributed by atoms with Crippen LogP contribution in [0.2, 0.25) is 0 Å². The lowest BCUT2D eigenvalue weighted by Gasteiger charge is -2.17. The van der Waals surface area contributed by atoms with E-state index in [1.165, 1.54) is 6.07 Å². The Hall–Kier alpha value is -0.450. The fraction of sp³-hybridized carbons (Fsp3) is 0.538. The van der Waals surface area contributed by atoms with Gasteiger partial charge >= 0.3 is 0 Å². The Morgan fingerprint density at radius 2 is 2.24 bits per heavy atom. The Kier molecular flexibility index (Phi) is 6.70. The van der Waals surface area contributed by atoms with Crippen LogP contribution in [0.1, 0.15) is 18.9 Å². The molecule has 1 N–H and O–H groups in total. The molecule has 1 aromatic carbocycles. The van der Waals surface area contributed by atoms with Crippen LogP contribution in [0.5, 0.6) is 0 Å². The second kappa shape index (κ2) is 7.80. The number of hydrogen-bond donors (Lipinski definition) is 1. The maximum Gasteiger partial charge on any atom is 0.137 e. The molecule has 0 radical (unpaired) electrons. The Balaban J connectivity index is 2.61. The second-order valence-corrected chi connectivity index (χ2v) is 4.91. The van der Waals surface area contributed by atoms with E-state index in [1.54, 1.807) is 7.11 Å². The minimum Gasteiger partial charge on any atom is -0.383 e. The minimum atomic E-state index is -0.224. The number of rotatable bonds is 7.